The highest BCUT2D eigenvalue weighted by molar-refractivity contribution is 5.91. The molecule has 1 aromatic rings. The summed E-state index contributed by atoms with van der Waals surface area (Å²) in [6.45, 7) is 4.01. The van der Waals surface area contributed by atoms with Crippen LogP contribution in [0.5, 0.6) is 5.88 Å². The van der Waals surface area contributed by atoms with Gasteiger partial charge in [-0.1, -0.05) is 0 Å². The van der Waals surface area contributed by atoms with Gasteiger partial charge < -0.3 is 19.3 Å². The molecule has 0 spiro atoms. The highest BCUT2D eigenvalue weighted by Crippen LogP contribution is 2.19. The van der Waals surface area contributed by atoms with Crippen molar-refractivity contribution >= 4 is 5.91 Å². The Hall–Kier alpha value is -1.56. The lowest BCUT2D eigenvalue weighted by molar-refractivity contribution is -0.0409. The molecule has 0 aromatic carbocycles. The van der Waals surface area contributed by atoms with Gasteiger partial charge in [0.25, 0.3) is 11.8 Å². The Labute approximate surface area is 106 Å². The van der Waals surface area contributed by atoms with Crippen LogP contribution in [0, 0.1) is 0 Å². The number of hydrogen-bond donors (Lipinski definition) is 1. The van der Waals surface area contributed by atoms with Crippen molar-refractivity contribution < 1.29 is 18.8 Å². The number of rotatable bonds is 3. The summed E-state index contributed by atoms with van der Waals surface area (Å²) in [4.78, 5) is 11.9. The van der Waals surface area contributed by atoms with E-state index in [1.165, 1.54) is 13.2 Å². The summed E-state index contributed by atoms with van der Waals surface area (Å²) in [5.74, 6) is 0.199. The summed E-state index contributed by atoms with van der Waals surface area (Å²) in [5.41, 5.74) is 0. The summed E-state index contributed by atoms with van der Waals surface area (Å²) < 4.78 is 15.4. The van der Waals surface area contributed by atoms with Gasteiger partial charge in [-0.05, 0) is 31.8 Å². The maximum Gasteiger partial charge on any atom is 0.290 e. The lowest BCUT2D eigenvalue weighted by Gasteiger charge is -2.32. The van der Waals surface area contributed by atoms with E-state index in [1.807, 2.05) is 13.8 Å². The lowest BCUT2D eigenvalue weighted by atomic mass is 10.00. The first-order valence-corrected chi connectivity index (χ1v) is 6.05. The van der Waals surface area contributed by atoms with Gasteiger partial charge in [-0.15, -0.1) is 0 Å². The highest BCUT2D eigenvalue weighted by Gasteiger charge is 2.26. The summed E-state index contributed by atoms with van der Waals surface area (Å²) in [7, 11) is 1.47. The molecule has 1 unspecified atom stereocenters. The molecule has 6 nitrogen and oxygen atoms in total. The van der Waals surface area contributed by atoms with Crippen molar-refractivity contribution in [3.63, 3.8) is 0 Å². The molecule has 2 rings (SSSR count). The number of aromatic nitrogens is 1. The normalized spacial score (nSPS) is 27.8. The van der Waals surface area contributed by atoms with Crippen molar-refractivity contribution in [1.29, 1.82) is 0 Å². The van der Waals surface area contributed by atoms with Crippen LogP contribution >= 0.6 is 0 Å². The standard InChI is InChI=1S/C12H18N2O4/c1-7-4-9(5-8(2)17-7)13-12(15)10-6-11(16-3)14-18-10/h6-9H,4-5H2,1-3H3,(H,13,15)/t7-,8+,9?. The number of carbonyl (C=O) groups excluding carboxylic acids is 1. The molecule has 0 radical (unpaired) electrons. The molecule has 0 aliphatic carbocycles. The van der Waals surface area contributed by atoms with E-state index < -0.39 is 0 Å². The van der Waals surface area contributed by atoms with Crippen molar-refractivity contribution in [1.82, 2.24) is 10.5 Å². The van der Waals surface area contributed by atoms with Crippen molar-refractivity contribution in [2.24, 2.45) is 0 Å². The van der Waals surface area contributed by atoms with E-state index in [4.69, 9.17) is 14.0 Å². The van der Waals surface area contributed by atoms with E-state index in [0.717, 1.165) is 12.8 Å². The Morgan fingerprint density at radius 2 is 2.11 bits per heavy atom. The maximum absolute atomic E-state index is 11.9. The van der Waals surface area contributed by atoms with Gasteiger partial charge >= 0.3 is 0 Å². The molecule has 0 saturated carbocycles. The molecule has 100 valence electrons. The third-order valence-electron chi connectivity index (χ3n) is 2.95. The van der Waals surface area contributed by atoms with Gasteiger partial charge in [0.2, 0.25) is 5.76 Å². The second-order valence-corrected chi connectivity index (χ2v) is 4.63. The summed E-state index contributed by atoms with van der Waals surface area (Å²) in [6.07, 6.45) is 1.93. The number of amides is 1. The second kappa shape index (κ2) is 5.39. The monoisotopic (exact) mass is 254 g/mol. The topological polar surface area (TPSA) is 73.6 Å². The zero-order valence-corrected chi connectivity index (χ0v) is 10.8. The van der Waals surface area contributed by atoms with Gasteiger partial charge in [0.1, 0.15) is 0 Å². The van der Waals surface area contributed by atoms with E-state index in [2.05, 4.69) is 10.5 Å². The summed E-state index contributed by atoms with van der Waals surface area (Å²) in [5, 5.41) is 6.52. The Kier molecular flexibility index (Phi) is 3.86. The third kappa shape index (κ3) is 3.01. The van der Waals surface area contributed by atoms with Crippen LogP contribution in [-0.2, 0) is 4.74 Å². The van der Waals surface area contributed by atoms with Gasteiger partial charge in [-0.25, -0.2) is 0 Å². The number of nitrogens with one attached hydrogen (secondary N) is 1. The van der Waals surface area contributed by atoms with Gasteiger partial charge in [-0.3, -0.25) is 4.79 Å². The van der Waals surface area contributed by atoms with Crippen LogP contribution in [0.3, 0.4) is 0 Å². The number of ether oxygens (including phenoxy) is 2. The van der Waals surface area contributed by atoms with Crippen molar-refractivity contribution in [2.45, 2.75) is 44.9 Å². The van der Waals surface area contributed by atoms with Crippen molar-refractivity contribution in [3.05, 3.63) is 11.8 Å². The fourth-order valence-electron chi connectivity index (χ4n) is 2.24. The van der Waals surface area contributed by atoms with Crippen LogP contribution in [0.1, 0.15) is 37.2 Å². The van der Waals surface area contributed by atoms with Gasteiger partial charge in [0.15, 0.2) is 0 Å². The van der Waals surface area contributed by atoms with Gasteiger partial charge in [0, 0.05) is 6.04 Å². The molecule has 1 aromatic heterocycles. The number of carbonyl (C=O) groups is 1. The molecule has 6 heteroatoms. The van der Waals surface area contributed by atoms with E-state index in [0.29, 0.717) is 5.88 Å². The van der Waals surface area contributed by atoms with Crippen LogP contribution in [-0.4, -0.2) is 36.4 Å². The Morgan fingerprint density at radius 3 is 2.67 bits per heavy atom. The first kappa shape index (κ1) is 12.9. The minimum Gasteiger partial charge on any atom is -0.479 e. The van der Waals surface area contributed by atoms with Crippen LogP contribution in [0.4, 0.5) is 0 Å². The van der Waals surface area contributed by atoms with Gasteiger partial charge in [-0.2, -0.15) is 0 Å². The predicted octanol–water partition coefficient (Wildman–Crippen LogP) is 1.37. The van der Waals surface area contributed by atoms with Crippen LogP contribution in [0.25, 0.3) is 0 Å². The SMILES string of the molecule is COc1cc(C(=O)NC2C[C@@H](C)O[C@@H](C)C2)on1. The van der Waals surface area contributed by atoms with E-state index >= 15 is 0 Å². The number of nitrogens with zero attached hydrogens (tertiary/aromatic N) is 1. The summed E-state index contributed by atoms with van der Waals surface area (Å²) >= 11 is 0. The van der Waals surface area contributed by atoms with Gasteiger partial charge in [0.05, 0.1) is 25.4 Å². The number of hydrogen-bond acceptors (Lipinski definition) is 5. The lowest BCUT2D eigenvalue weighted by Crippen LogP contribution is -2.43. The fraction of sp³-hybridized carbons (Fsp3) is 0.667. The minimum absolute atomic E-state index is 0.104. The Morgan fingerprint density at radius 1 is 1.44 bits per heavy atom. The molecular formula is C12H18N2O4. The average molecular weight is 254 g/mol. The Balaban J connectivity index is 1.94. The first-order chi connectivity index (χ1) is 8.58. The molecule has 1 amide bonds. The molecule has 2 heterocycles. The molecule has 3 atom stereocenters. The Bertz CT molecular complexity index is 408. The average Bonchev–Trinajstić information content (AvgIpc) is 2.75. The molecule has 18 heavy (non-hydrogen) atoms. The maximum atomic E-state index is 11.9. The molecule has 1 fully saturated rings. The zero-order valence-electron chi connectivity index (χ0n) is 10.8. The fourth-order valence-corrected chi connectivity index (χ4v) is 2.24. The smallest absolute Gasteiger partial charge is 0.290 e. The minimum atomic E-state index is -0.267. The van der Waals surface area contributed by atoms with E-state index in [9.17, 15) is 4.79 Å². The van der Waals surface area contributed by atoms with Crippen molar-refractivity contribution in [2.75, 3.05) is 7.11 Å². The quantitative estimate of drug-likeness (QED) is 0.881. The molecule has 1 aliphatic rings. The molecule has 1 aliphatic heterocycles. The number of methoxy groups -OCH3 is 1. The first-order valence-electron chi connectivity index (χ1n) is 6.05. The molecule has 1 saturated heterocycles. The molecule has 1 N–H and O–H groups in total. The van der Waals surface area contributed by atoms with Crippen LogP contribution in [0.2, 0.25) is 0 Å². The van der Waals surface area contributed by atoms with Crippen LogP contribution in [0.15, 0.2) is 10.6 Å². The van der Waals surface area contributed by atoms with Crippen LogP contribution < -0.4 is 10.1 Å². The van der Waals surface area contributed by atoms with E-state index in [1.54, 1.807) is 0 Å². The third-order valence-corrected chi connectivity index (χ3v) is 2.95. The summed E-state index contributed by atoms with van der Waals surface area (Å²) in [6, 6.07) is 1.58. The van der Waals surface area contributed by atoms with Crippen molar-refractivity contribution in [3.8, 4) is 5.88 Å². The van der Waals surface area contributed by atoms with E-state index in [-0.39, 0.29) is 29.9 Å². The zero-order chi connectivity index (χ0) is 13.1. The molecule has 0 bridgehead atoms. The predicted molar refractivity (Wildman–Crippen MR) is 63.6 cm³/mol. The molecular weight excluding hydrogens is 236 g/mol. The highest BCUT2D eigenvalue weighted by atomic mass is 16.5. The second-order valence-electron chi connectivity index (χ2n) is 4.63. The largest absolute Gasteiger partial charge is 0.479 e.